The first-order valence-electron chi connectivity index (χ1n) is 4.33. The van der Waals surface area contributed by atoms with Gasteiger partial charge in [-0.25, -0.2) is 9.97 Å². The van der Waals surface area contributed by atoms with Gasteiger partial charge in [0.25, 0.3) is 0 Å². The number of anilines is 1. The molecule has 3 nitrogen and oxygen atoms in total. The lowest BCUT2D eigenvalue weighted by molar-refractivity contribution is 0.781. The Morgan fingerprint density at radius 3 is 2.57 bits per heavy atom. The minimum atomic E-state index is 0.790. The molecule has 0 bridgehead atoms. The van der Waals surface area contributed by atoms with Crippen LogP contribution in [0.4, 0.5) is 5.95 Å². The molecule has 0 saturated heterocycles. The second kappa shape index (κ2) is 4.40. The fourth-order valence-corrected chi connectivity index (χ4v) is 2.08. The minimum Gasteiger partial charge on any atom is -0.336 e. The zero-order chi connectivity index (χ0) is 9.97. The lowest BCUT2D eigenvalue weighted by atomic mass is 10.3. The van der Waals surface area contributed by atoms with E-state index < -0.39 is 0 Å². The van der Waals surface area contributed by atoms with Crippen molar-refractivity contribution in [1.82, 2.24) is 9.97 Å². The van der Waals surface area contributed by atoms with E-state index in [1.165, 1.54) is 4.48 Å². The molecule has 1 aliphatic heterocycles. The average Bonchev–Trinajstić information content (AvgIpc) is 2.19. The van der Waals surface area contributed by atoms with Crippen LogP contribution in [0.2, 0.25) is 0 Å². The lowest BCUT2D eigenvalue weighted by Crippen LogP contribution is -2.29. The molecule has 0 N–H and O–H groups in total. The molecular formula is C9H9Br2N3. The van der Waals surface area contributed by atoms with E-state index in [1.807, 2.05) is 0 Å². The number of aromatic nitrogens is 2. The SMILES string of the molecule is BrC1=CCCN(c2ncc(Br)cn2)C1. The lowest BCUT2D eigenvalue weighted by Gasteiger charge is -2.24. The van der Waals surface area contributed by atoms with Gasteiger partial charge >= 0.3 is 0 Å². The molecule has 0 spiro atoms. The summed E-state index contributed by atoms with van der Waals surface area (Å²) in [7, 11) is 0. The van der Waals surface area contributed by atoms with Gasteiger partial charge in [-0.05, 0) is 22.4 Å². The molecule has 0 aliphatic carbocycles. The molecule has 5 heteroatoms. The maximum Gasteiger partial charge on any atom is 0.225 e. The molecule has 14 heavy (non-hydrogen) atoms. The molecule has 1 aromatic rings. The highest BCUT2D eigenvalue weighted by Gasteiger charge is 2.13. The third kappa shape index (κ3) is 2.33. The topological polar surface area (TPSA) is 29.0 Å². The predicted molar refractivity (Wildman–Crippen MR) is 63.6 cm³/mol. The average molecular weight is 319 g/mol. The van der Waals surface area contributed by atoms with Crippen LogP contribution in [-0.2, 0) is 0 Å². The molecule has 0 radical (unpaired) electrons. The maximum atomic E-state index is 4.26. The van der Waals surface area contributed by atoms with Crippen molar-refractivity contribution in [2.45, 2.75) is 6.42 Å². The van der Waals surface area contributed by atoms with E-state index in [0.717, 1.165) is 29.9 Å². The Balaban J connectivity index is 2.16. The van der Waals surface area contributed by atoms with Gasteiger partial charge in [-0.2, -0.15) is 0 Å². The first kappa shape index (κ1) is 10.1. The number of halogens is 2. The summed E-state index contributed by atoms with van der Waals surface area (Å²) < 4.78 is 2.11. The quantitative estimate of drug-likeness (QED) is 0.797. The zero-order valence-corrected chi connectivity index (χ0v) is 10.6. The molecule has 1 aliphatic rings. The highest BCUT2D eigenvalue weighted by atomic mass is 79.9. The third-order valence-corrected chi connectivity index (χ3v) is 2.98. The van der Waals surface area contributed by atoms with Crippen molar-refractivity contribution < 1.29 is 0 Å². The normalized spacial score (nSPS) is 16.7. The molecule has 0 unspecified atom stereocenters. The Bertz CT molecular complexity index is 348. The fraction of sp³-hybridized carbons (Fsp3) is 0.333. The summed E-state index contributed by atoms with van der Waals surface area (Å²) in [5.41, 5.74) is 0. The van der Waals surface area contributed by atoms with Crippen LogP contribution in [0.1, 0.15) is 6.42 Å². The summed E-state index contributed by atoms with van der Waals surface area (Å²) in [6.07, 6.45) is 6.78. The van der Waals surface area contributed by atoms with Gasteiger partial charge in [0.05, 0.1) is 11.0 Å². The molecule has 74 valence electrons. The monoisotopic (exact) mass is 317 g/mol. The molecule has 0 aromatic carbocycles. The van der Waals surface area contributed by atoms with Crippen LogP contribution in [0.3, 0.4) is 0 Å². The molecule has 0 amide bonds. The summed E-state index contributed by atoms with van der Waals surface area (Å²) in [6, 6.07) is 0. The standard InChI is InChI=1S/C9H9Br2N3/c10-7-2-1-3-14(6-7)9-12-4-8(11)5-13-9/h2,4-5H,1,3,6H2. The van der Waals surface area contributed by atoms with Crippen LogP contribution >= 0.6 is 31.9 Å². The van der Waals surface area contributed by atoms with E-state index in [4.69, 9.17) is 0 Å². The summed E-state index contributed by atoms with van der Waals surface area (Å²) in [4.78, 5) is 10.7. The van der Waals surface area contributed by atoms with Gasteiger partial charge in [-0.3, -0.25) is 0 Å². The Morgan fingerprint density at radius 1 is 1.21 bits per heavy atom. The Hall–Kier alpha value is -0.420. The molecule has 0 fully saturated rings. The van der Waals surface area contributed by atoms with Crippen molar-refractivity contribution in [3.63, 3.8) is 0 Å². The van der Waals surface area contributed by atoms with Crippen molar-refractivity contribution in [2.75, 3.05) is 18.0 Å². The summed E-state index contributed by atoms with van der Waals surface area (Å²) in [5.74, 6) is 0.790. The van der Waals surface area contributed by atoms with Crippen LogP contribution in [0.25, 0.3) is 0 Å². The van der Waals surface area contributed by atoms with Crippen molar-refractivity contribution in [2.24, 2.45) is 0 Å². The second-order valence-electron chi connectivity index (χ2n) is 3.06. The number of hydrogen-bond donors (Lipinski definition) is 0. The van der Waals surface area contributed by atoms with Crippen molar-refractivity contribution in [3.8, 4) is 0 Å². The predicted octanol–water partition coefficient (Wildman–Crippen LogP) is 2.73. The van der Waals surface area contributed by atoms with E-state index in [-0.39, 0.29) is 0 Å². The minimum absolute atomic E-state index is 0.790. The Kier molecular flexibility index (Phi) is 3.18. The summed E-state index contributed by atoms with van der Waals surface area (Å²) >= 11 is 6.81. The number of rotatable bonds is 1. The highest BCUT2D eigenvalue weighted by molar-refractivity contribution is 9.11. The zero-order valence-electron chi connectivity index (χ0n) is 7.45. The van der Waals surface area contributed by atoms with Gasteiger partial charge in [-0.1, -0.05) is 22.0 Å². The van der Waals surface area contributed by atoms with Crippen molar-refractivity contribution >= 4 is 37.8 Å². The molecule has 2 heterocycles. The highest BCUT2D eigenvalue weighted by Crippen LogP contribution is 2.19. The molecule has 0 saturated carbocycles. The van der Waals surface area contributed by atoms with Crippen molar-refractivity contribution in [3.05, 3.63) is 27.4 Å². The van der Waals surface area contributed by atoms with Crippen LogP contribution in [0, 0.1) is 0 Å². The van der Waals surface area contributed by atoms with Gasteiger partial charge in [0, 0.05) is 23.4 Å². The first-order chi connectivity index (χ1) is 6.75. The van der Waals surface area contributed by atoms with Gasteiger partial charge in [0.1, 0.15) is 0 Å². The van der Waals surface area contributed by atoms with E-state index in [1.54, 1.807) is 12.4 Å². The Morgan fingerprint density at radius 2 is 1.93 bits per heavy atom. The Labute approximate surface area is 99.5 Å². The summed E-state index contributed by atoms with van der Waals surface area (Å²) in [6.45, 7) is 1.85. The largest absolute Gasteiger partial charge is 0.336 e. The van der Waals surface area contributed by atoms with Crippen molar-refractivity contribution in [1.29, 1.82) is 0 Å². The molecular weight excluding hydrogens is 310 g/mol. The fourth-order valence-electron chi connectivity index (χ4n) is 1.34. The smallest absolute Gasteiger partial charge is 0.225 e. The molecule has 2 rings (SSSR count). The van der Waals surface area contributed by atoms with Gasteiger partial charge in [-0.15, -0.1) is 0 Å². The van der Waals surface area contributed by atoms with E-state index >= 15 is 0 Å². The van der Waals surface area contributed by atoms with Gasteiger partial charge in [0.2, 0.25) is 5.95 Å². The molecule has 1 aromatic heterocycles. The second-order valence-corrected chi connectivity index (χ2v) is 5.00. The molecule has 0 atom stereocenters. The maximum absolute atomic E-state index is 4.26. The summed E-state index contributed by atoms with van der Waals surface area (Å²) in [5, 5.41) is 0. The van der Waals surface area contributed by atoms with Gasteiger partial charge < -0.3 is 4.90 Å². The van der Waals surface area contributed by atoms with Crippen LogP contribution in [0.5, 0.6) is 0 Å². The van der Waals surface area contributed by atoms with Crippen LogP contribution in [-0.4, -0.2) is 23.1 Å². The van der Waals surface area contributed by atoms with E-state index in [2.05, 4.69) is 52.8 Å². The van der Waals surface area contributed by atoms with Gasteiger partial charge in [0.15, 0.2) is 0 Å². The van der Waals surface area contributed by atoms with E-state index in [9.17, 15) is 0 Å². The number of nitrogens with zero attached hydrogens (tertiary/aromatic N) is 3. The number of hydrogen-bond acceptors (Lipinski definition) is 3. The van der Waals surface area contributed by atoms with Crippen LogP contribution < -0.4 is 4.90 Å². The third-order valence-electron chi connectivity index (χ3n) is 2.00. The van der Waals surface area contributed by atoms with E-state index in [0.29, 0.717) is 0 Å². The van der Waals surface area contributed by atoms with Crippen LogP contribution in [0.15, 0.2) is 27.4 Å². The first-order valence-corrected chi connectivity index (χ1v) is 5.91.